The highest BCUT2D eigenvalue weighted by molar-refractivity contribution is 5.85. The zero-order valence-corrected chi connectivity index (χ0v) is 13.0. The standard InChI is InChI=1S/C15H24N2O.ClH/c1-11(2)14-7-5-13(6-8-14)10-17(4)15(18)12(3)9-16;/h5-8,11-12H,9-10,16H2,1-4H3;1H. The van der Waals surface area contributed by atoms with Gasteiger partial charge in [-0.15, -0.1) is 12.4 Å². The summed E-state index contributed by atoms with van der Waals surface area (Å²) < 4.78 is 0. The highest BCUT2D eigenvalue weighted by Gasteiger charge is 2.15. The molecule has 2 N–H and O–H groups in total. The number of halogens is 1. The van der Waals surface area contributed by atoms with E-state index in [2.05, 4.69) is 38.1 Å². The quantitative estimate of drug-likeness (QED) is 0.904. The summed E-state index contributed by atoms with van der Waals surface area (Å²) in [5, 5.41) is 0. The van der Waals surface area contributed by atoms with Gasteiger partial charge in [0.15, 0.2) is 0 Å². The molecule has 1 atom stereocenters. The molecule has 0 aliphatic rings. The van der Waals surface area contributed by atoms with Gasteiger partial charge in [-0.05, 0) is 17.0 Å². The van der Waals surface area contributed by atoms with Gasteiger partial charge in [-0.25, -0.2) is 0 Å². The van der Waals surface area contributed by atoms with E-state index in [-0.39, 0.29) is 24.2 Å². The molecule has 0 bridgehead atoms. The number of nitrogens with two attached hydrogens (primary N) is 1. The molecular formula is C15H25ClN2O. The Morgan fingerprint density at radius 1 is 1.21 bits per heavy atom. The van der Waals surface area contributed by atoms with E-state index in [9.17, 15) is 4.79 Å². The van der Waals surface area contributed by atoms with Crippen molar-refractivity contribution in [3.8, 4) is 0 Å². The second kappa shape index (κ2) is 8.18. The minimum Gasteiger partial charge on any atom is -0.341 e. The maximum absolute atomic E-state index is 11.9. The van der Waals surface area contributed by atoms with Gasteiger partial charge in [0.25, 0.3) is 0 Å². The molecule has 1 rings (SSSR count). The molecule has 0 fully saturated rings. The fraction of sp³-hybridized carbons (Fsp3) is 0.533. The lowest BCUT2D eigenvalue weighted by atomic mass is 10.0. The van der Waals surface area contributed by atoms with Crippen LogP contribution in [0.2, 0.25) is 0 Å². The Morgan fingerprint density at radius 2 is 1.74 bits per heavy atom. The Kier molecular flexibility index (Phi) is 7.72. The molecule has 108 valence electrons. The Bertz CT molecular complexity index is 390. The van der Waals surface area contributed by atoms with Crippen LogP contribution in [0.4, 0.5) is 0 Å². The van der Waals surface area contributed by atoms with Gasteiger partial charge >= 0.3 is 0 Å². The molecule has 1 amide bonds. The first-order valence-corrected chi connectivity index (χ1v) is 6.49. The molecule has 3 nitrogen and oxygen atoms in total. The predicted molar refractivity (Wildman–Crippen MR) is 82.5 cm³/mol. The summed E-state index contributed by atoms with van der Waals surface area (Å²) in [6.07, 6.45) is 0. The minimum absolute atomic E-state index is 0. The van der Waals surface area contributed by atoms with Crippen molar-refractivity contribution in [3.63, 3.8) is 0 Å². The molecule has 0 aliphatic carbocycles. The van der Waals surface area contributed by atoms with Crippen molar-refractivity contribution < 1.29 is 4.79 Å². The number of hydrogen-bond donors (Lipinski definition) is 1. The molecule has 19 heavy (non-hydrogen) atoms. The molecule has 4 heteroatoms. The normalized spacial score (nSPS) is 11.9. The molecule has 1 aromatic carbocycles. The molecular weight excluding hydrogens is 260 g/mol. The second-order valence-corrected chi connectivity index (χ2v) is 5.23. The van der Waals surface area contributed by atoms with E-state index < -0.39 is 0 Å². The first-order valence-electron chi connectivity index (χ1n) is 6.49. The van der Waals surface area contributed by atoms with E-state index in [1.165, 1.54) is 5.56 Å². The number of nitrogens with zero attached hydrogens (tertiary/aromatic N) is 1. The van der Waals surface area contributed by atoms with Crippen LogP contribution in [0, 0.1) is 5.92 Å². The molecule has 1 aromatic rings. The van der Waals surface area contributed by atoms with Crippen LogP contribution in [-0.2, 0) is 11.3 Å². The number of carbonyl (C=O) groups excluding carboxylic acids is 1. The molecule has 0 radical (unpaired) electrons. The number of rotatable bonds is 5. The molecule has 0 saturated carbocycles. The highest BCUT2D eigenvalue weighted by Crippen LogP contribution is 2.15. The average Bonchev–Trinajstić information content (AvgIpc) is 2.37. The smallest absolute Gasteiger partial charge is 0.226 e. The van der Waals surface area contributed by atoms with Crippen molar-refractivity contribution in [1.29, 1.82) is 0 Å². The van der Waals surface area contributed by atoms with E-state index in [0.29, 0.717) is 19.0 Å². The van der Waals surface area contributed by atoms with Gasteiger partial charge in [-0.3, -0.25) is 4.79 Å². The van der Waals surface area contributed by atoms with Gasteiger partial charge in [0.05, 0.1) is 0 Å². The maximum Gasteiger partial charge on any atom is 0.226 e. The van der Waals surface area contributed by atoms with Gasteiger partial charge in [0, 0.05) is 26.1 Å². The van der Waals surface area contributed by atoms with Gasteiger partial charge in [0.1, 0.15) is 0 Å². The summed E-state index contributed by atoms with van der Waals surface area (Å²) in [5.74, 6) is 0.533. The third-order valence-corrected chi connectivity index (χ3v) is 3.22. The van der Waals surface area contributed by atoms with Crippen molar-refractivity contribution in [2.24, 2.45) is 11.7 Å². The SMILES string of the molecule is CC(CN)C(=O)N(C)Cc1ccc(C(C)C)cc1.Cl. The Balaban J connectivity index is 0.00000324. The zero-order valence-electron chi connectivity index (χ0n) is 12.2. The van der Waals surface area contributed by atoms with Crippen molar-refractivity contribution in [2.45, 2.75) is 33.2 Å². The van der Waals surface area contributed by atoms with Gasteiger partial charge in [0.2, 0.25) is 5.91 Å². The van der Waals surface area contributed by atoms with Crippen molar-refractivity contribution in [2.75, 3.05) is 13.6 Å². The van der Waals surface area contributed by atoms with E-state index in [1.807, 2.05) is 14.0 Å². The Hall–Kier alpha value is -1.06. The fourth-order valence-electron chi connectivity index (χ4n) is 1.84. The van der Waals surface area contributed by atoms with Crippen LogP contribution in [0.1, 0.15) is 37.8 Å². The van der Waals surface area contributed by atoms with E-state index in [4.69, 9.17) is 5.73 Å². The van der Waals surface area contributed by atoms with Gasteiger partial charge in [-0.2, -0.15) is 0 Å². The lowest BCUT2D eigenvalue weighted by molar-refractivity contribution is -0.133. The average molecular weight is 285 g/mol. The van der Waals surface area contributed by atoms with E-state index >= 15 is 0 Å². The Morgan fingerprint density at radius 3 is 2.16 bits per heavy atom. The van der Waals surface area contributed by atoms with Crippen LogP contribution >= 0.6 is 12.4 Å². The van der Waals surface area contributed by atoms with Crippen molar-refractivity contribution >= 4 is 18.3 Å². The summed E-state index contributed by atoms with van der Waals surface area (Å²) >= 11 is 0. The third-order valence-electron chi connectivity index (χ3n) is 3.22. The second-order valence-electron chi connectivity index (χ2n) is 5.23. The molecule has 0 aromatic heterocycles. The van der Waals surface area contributed by atoms with Crippen LogP contribution in [0.15, 0.2) is 24.3 Å². The number of carbonyl (C=O) groups is 1. The van der Waals surface area contributed by atoms with Crippen LogP contribution in [0.25, 0.3) is 0 Å². The van der Waals surface area contributed by atoms with E-state index in [0.717, 1.165) is 5.56 Å². The molecule has 0 heterocycles. The summed E-state index contributed by atoms with van der Waals surface area (Å²) in [5.41, 5.74) is 7.98. The van der Waals surface area contributed by atoms with Crippen molar-refractivity contribution in [3.05, 3.63) is 35.4 Å². The maximum atomic E-state index is 11.9. The summed E-state index contributed by atoms with van der Waals surface area (Å²) in [6.45, 7) is 7.25. The summed E-state index contributed by atoms with van der Waals surface area (Å²) in [6, 6.07) is 8.44. The summed E-state index contributed by atoms with van der Waals surface area (Å²) in [7, 11) is 1.82. The van der Waals surface area contributed by atoms with Gasteiger partial charge in [-0.1, -0.05) is 45.0 Å². The van der Waals surface area contributed by atoms with Crippen LogP contribution in [0.5, 0.6) is 0 Å². The molecule has 1 unspecified atom stereocenters. The minimum atomic E-state index is -0.107. The molecule has 0 spiro atoms. The van der Waals surface area contributed by atoms with Gasteiger partial charge < -0.3 is 10.6 Å². The zero-order chi connectivity index (χ0) is 13.7. The molecule has 0 saturated heterocycles. The predicted octanol–water partition coefficient (Wildman–Crippen LogP) is 2.79. The fourth-order valence-corrected chi connectivity index (χ4v) is 1.84. The monoisotopic (exact) mass is 284 g/mol. The lowest BCUT2D eigenvalue weighted by Crippen LogP contribution is -2.34. The van der Waals surface area contributed by atoms with E-state index in [1.54, 1.807) is 4.90 Å². The topological polar surface area (TPSA) is 46.3 Å². The number of benzene rings is 1. The molecule has 0 aliphatic heterocycles. The Labute approximate surface area is 122 Å². The largest absolute Gasteiger partial charge is 0.341 e. The van der Waals surface area contributed by atoms with Crippen LogP contribution in [0.3, 0.4) is 0 Å². The van der Waals surface area contributed by atoms with Crippen molar-refractivity contribution in [1.82, 2.24) is 4.90 Å². The first kappa shape index (κ1) is 17.9. The highest BCUT2D eigenvalue weighted by atomic mass is 35.5. The summed E-state index contributed by atoms with van der Waals surface area (Å²) in [4.78, 5) is 13.6. The third kappa shape index (κ3) is 5.21. The van der Waals surface area contributed by atoms with Crippen LogP contribution < -0.4 is 5.73 Å². The first-order chi connectivity index (χ1) is 8.45. The lowest BCUT2D eigenvalue weighted by Gasteiger charge is -2.21. The number of amides is 1. The van der Waals surface area contributed by atoms with Crippen LogP contribution in [-0.4, -0.2) is 24.4 Å². The number of hydrogen-bond acceptors (Lipinski definition) is 2.